The number of pyridine rings is 1. The van der Waals surface area contributed by atoms with E-state index in [2.05, 4.69) is 15.2 Å². The van der Waals surface area contributed by atoms with Gasteiger partial charge in [0.1, 0.15) is 0 Å². The molecule has 0 bridgehead atoms. The third-order valence-corrected chi connectivity index (χ3v) is 4.41. The van der Waals surface area contributed by atoms with E-state index in [0.717, 1.165) is 35.5 Å². The molecule has 0 spiro atoms. The molecule has 0 aromatic carbocycles. The van der Waals surface area contributed by atoms with E-state index in [1.54, 1.807) is 0 Å². The van der Waals surface area contributed by atoms with Gasteiger partial charge in [-0.2, -0.15) is 0 Å². The Morgan fingerprint density at radius 2 is 2.38 bits per heavy atom. The number of hydrogen-bond acceptors (Lipinski definition) is 2. The normalized spacial score (nSPS) is 11.1. The molecule has 0 fully saturated rings. The molecule has 0 saturated heterocycles. The van der Waals surface area contributed by atoms with Crippen LogP contribution in [0.1, 0.15) is 12.5 Å². The fourth-order valence-corrected chi connectivity index (χ4v) is 3.77. The topological polar surface area (TPSA) is 44.9 Å². The molecule has 0 aliphatic heterocycles. The first-order valence-corrected chi connectivity index (χ1v) is 7.06. The predicted molar refractivity (Wildman–Crippen MR) is 63.7 cm³/mol. The maximum absolute atomic E-state index is 13.0. The van der Waals surface area contributed by atoms with Crippen LogP contribution in [0.15, 0.2) is 15.8 Å². The number of halogens is 1. The molecule has 0 aliphatic rings. The molecule has 2 aromatic heterocycles. The Hall–Kier alpha value is -0.901. The van der Waals surface area contributed by atoms with Gasteiger partial charge in [-0.05, 0) is 0 Å². The van der Waals surface area contributed by atoms with Gasteiger partial charge < -0.3 is 0 Å². The van der Waals surface area contributed by atoms with Crippen molar-refractivity contribution in [3.63, 3.8) is 0 Å². The van der Waals surface area contributed by atoms with E-state index >= 15 is 0 Å². The summed E-state index contributed by atoms with van der Waals surface area (Å²) in [5.74, 6) is -0.535. The van der Waals surface area contributed by atoms with E-state index in [1.165, 1.54) is 0 Å². The zero-order valence-electron chi connectivity index (χ0n) is 8.97. The molecule has 16 heavy (non-hydrogen) atoms. The van der Waals surface area contributed by atoms with E-state index in [-0.39, 0.29) is 19.9 Å². The second-order valence-electron chi connectivity index (χ2n) is 3.55. The van der Waals surface area contributed by atoms with Crippen molar-refractivity contribution in [3.05, 3.63) is 32.7 Å². The summed E-state index contributed by atoms with van der Waals surface area (Å²) in [7, 11) is 0. The molecule has 0 unspecified atom stereocenters. The van der Waals surface area contributed by atoms with Crippen molar-refractivity contribution in [2.75, 3.05) is 13.1 Å². The first-order chi connectivity index (χ1) is 7.72. The molecule has 2 N–H and O–H groups in total. The molecular weight excluding hydrogens is 274 g/mol. The molecule has 0 radical (unpaired) electrons. The van der Waals surface area contributed by atoms with E-state index in [9.17, 15) is 9.18 Å². The molecule has 0 atom stereocenters. The summed E-state index contributed by atoms with van der Waals surface area (Å²) in [6, 6.07) is 1.03. The number of hydrogen-bond donors (Lipinski definition) is 2. The van der Waals surface area contributed by atoms with Crippen molar-refractivity contribution in [1.82, 2.24) is 10.3 Å². The Bertz CT molecular complexity index is 546. The van der Waals surface area contributed by atoms with E-state index < -0.39 is 5.95 Å². The second kappa shape index (κ2) is 4.95. The van der Waals surface area contributed by atoms with Gasteiger partial charge in [-0.25, -0.2) is 0 Å². The molecule has 0 saturated carbocycles. The minimum atomic E-state index is -0.535. The van der Waals surface area contributed by atoms with Crippen LogP contribution in [0.3, 0.4) is 0 Å². The van der Waals surface area contributed by atoms with Crippen LogP contribution >= 0.6 is 0 Å². The summed E-state index contributed by atoms with van der Waals surface area (Å²) >= 11 is 0.0676. The average molecular weight is 287 g/mol. The van der Waals surface area contributed by atoms with Gasteiger partial charge in [0.15, 0.2) is 0 Å². The molecule has 3 nitrogen and oxygen atoms in total. The van der Waals surface area contributed by atoms with Crippen LogP contribution in [-0.4, -0.2) is 32.6 Å². The summed E-state index contributed by atoms with van der Waals surface area (Å²) < 4.78 is 13.7. The molecule has 0 aliphatic carbocycles. The zero-order valence-corrected chi connectivity index (χ0v) is 10.7. The van der Waals surface area contributed by atoms with Crippen LogP contribution in [0.5, 0.6) is 0 Å². The van der Waals surface area contributed by atoms with E-state index in [0.29, 0.717) is 5.39 Å². The van der Waals surface area contributed by atoms with Crippen molar-refractivity contribution >= 4 is 24.3 Å². The zero-order chi connectivity index (χ0) is 11.5. The van der Waals surface area contributed by atoms with E-state index in [1.807, 2.05) is 6.92 Å². The maximum atomic E-state index is 13.0. The van der Waals surface area contributed by atoms with Crippen molar-refractivity contribution in [2.24, 2.45) is 0 Å². The Kier molecular flexibility index (Phi) is 3.59. The molecular formula is C11H13FN2OSe. The third kappa shape index (κ3) is 2.26. The van der Waals surface area contributed by atoms with E-state index in [4.69, 9.17) is 0 Å². The Balaban J connectivity index is 2.37. The molecule has 5 heteroatoms. The Labute approximate surface area is 98.4 Å². The first-order valence-electron chi connectivity index (χ1n) is 5.22. The van der Waals surface area contributed by atoms with Gasteiger partial charge in [0.25, 0.3) is 0 Å². The fourth-order valence-electron chi connectivity index (χ4n) is 1.67. The number of rotatable bonds is 4. The molecule has 0 amide bonds. The fraction of sp³-hybridized carbons (Fsp3) is 0.364. The Morgan fingerprint density at radius 3 is 3.12 bits per heavy atom. The van der Waals surface area contributed by atoms with Crippen molar-refractivity contribution in [2.45, 2.75) is 13.3 Å². The summed E-state index contributed by atoms with van der Waals surface area (Å²) in [5, 5.41) is 3.91. The number of fused-ring (bicyclic) bond motifs is 1. The molecule has 2 aromatic rings. The first kappa shape index (κ1) is 11.6. The van der Waals surface area contributed by atoms with Gasteiger partial charge >= 0.3 is 98.1 Å². The van der Waals surface area contributed by atoms with Gasteiger partial charge in [-0.1, -0.05) is 0 Å². The monoisotopic (exact) mass is 288 g/mol. The standard InChI is InChI=1S/C11H13FN2OSe/c1-2-13-4-3-7-6-16-11-10(7)8(15)5-9(12)14-11/h5-6,13H,2-4H2,1H3,(H,14,15). The van der Waals surface area contributed by atoms with Crippen LogP contribution in [-0.2, 0) is 6.42 Å². The van der Waals surface area contributed by atoms with Crippen LogP contribution in [0, 0.1) is 5.95 Å². The molecule has 86 valence electrons. The van der Waals surface area contributed by atoms with Gasteiger partial charge in [-0.15, -0.1) is 0 Å². The van der Waals surface area contributed by atoms with Gasteiger partial charge in [0, 0.05) is 0 Å². The third-order valence-electron chi connectivity index (χ3n) is 2.43. The van der Waals surface area contributed by atoms with Gasteiger partial charge in [-0.3, -0.25) is 0 Å². The molecule has 2 heterocycles. The minimum absolute atomic E-state index is 0.0676. The van der Waals surface area contributed by atoms with Gasteiger partial charge in [0.2, 0.25) is 0 Å². The van der Waals surface area contributed by atoms with Crippen molar-refractivity contribution in [1.29, 1.82) is 0 Å². The number of likely N-dealkylation sites (N-methyl/N-ethyl adjacent to an activating group) is 1. The van der Waals surface area contributed by atoms with Gasteiger partial charge in [0.05, 0.1) is 0 Å². The van der Waals surface area contributed by atoms with Crippen LogP contribution in [0.2, 0.25) is 0 Å². The number of aromatic amines is 1. The summed E-state index contributed by atoms with van der Waals surface area (Å²) in [5.41, 5.74) is 0.852. The summed E-state index contributed by atoms with van der Waals surface area (Å²) in [4.78, 5) is 16.4. The van der Waals surface area contributed by atoms with Crippen molar-refractivity contribution in [3.8, 4) is 0 Å². The SMILES string of the molecule is CCNCCc1c[se]c2[nH]c(F)cc(=O)c12. The number of aromatic nitrogens is 1. The van der Waals surface area contributed by atoms with Crippen molar-refractivity contribution < 1.29 is 4.39 Å². The summed E-state index contributed by atoms with van der Waals surface area (Å²) in [6.07, 6.45) is 0.831. The molecule has 2 rings (SSSR count). The van der Waals surface area contributed by atoms with Crippen LogP contribution in [0.4, 0.5) is 4.39 Å². The van der Waals surface area contributed by atoms with Crippen LogP contribution in [0.25, 0.3) is 9.78 Å². The number of nitrogens with one attached hydrogen (secondary N) is 2. The quantitative estimate of drug-likeness (QED) is 0.498. The number of H-pyrrole nitrogens is 1. The van der Waals surface area contributed by atoms with Crippen LogP contribution < -0.4 is 10.7 Å². The average Bonchev–Trinajstić information content (AvgIpc) is 2.62. The predicted octanol–water partition coefficient (Wildman–Crippen LogP) is 0.876. The second-order valence-corrected chi connectivity index (χ2v) is 5.40. The summed E-state index contributed by atoms with van der Waals surface area (Å²) in [6.45, 7) is 3.82. The Morgan fingerprint density at radius 1 is 1.56 bits per heavy atom.